The Morgan fingerprint density at radius 2 is 2.15 bits per heavy atom. The first-order valence-corrected chi connectivity index (χ1v) is 5.19. The quantitative estimate of drug-likeness (QED) is 0.311. The molecule has 0 aromatic heterocycles. The minimum Gasteiger partial charge on any atom is -0.379 e. The second kappa shape index (κ2) is 6.73. The molecule has 0 fully saturated rings. The molecule has 5 nitrogen and oxygen atoms in total. The molecular weight excluding hydrogens is 188 g/mol. The molecule has 0 radical (unpaired) electrons. The van der Waals surface area contributed by atoms with Gasteiger partial charge in [0, 0.05) is 6.54 Å². The van der Waals surface area contributed by atoms with Crippen molar-refractivity contribution in [3.8, 4) is 0 Å². The predicted octanol–water partition coefficient (Wildman–Crippen LogP) is -0.743. The van der Waals surface area contributed by atoms with Crippen molar-refractivity contribution in [3.63, 3.8) is 0 Å². The number of aliphatic imine (C=N–C) groups is 1. The van der Waals surface area contributed by atoms with Gasteiger partial charge in [0.1, 0.15) is 0 Å². The van der Waals surface area contributed by atoms with Crippen LogP contribution in [-0.2, 0) is 4.79 Å². The summed E-state index contributed by atoms with van der Waals surface area (Å²) in [5, 5.41) is 0.549. The summed E-state index contributed by atoms with van der Waals surface area (Å²) >= 11 is 1.39. The topological polar surface area (TPSA) is 107 Å². The van der Waals surface area contributed by atoms with Crippen molar-refractivity contribution in [3.05, 3.63) is 0 Å². The van der Waals surface area contributed by atoms with Crippen LogP contribution >= 0.6 is 11.8 Å². The number of nitrogens with zero attached hydrogens (tertiary/aromatic N) is 1. The standard InChI is InChI=1S/C7H16N4OS/c1-13-7(10)11-4-2-3-5(8)6(9)12/h5H,2-4,8H2,1H3,(H2,9,12)(H2,10,11)/t5-/m0/s1. The van der Waals surface area contributed by atoms with Crippen LogP contribution in [0, 0.1) is 0 Å². The summed E-state index contributed by atoms with van der Waals surface area (Å²) in [6.07, 6.45) is 3.14. The number of rotatable bonds is 5. The largest absolute Gasteiger partial charge is 0.379 e. The third kappa shape index (κ3) is 6.41. The molecular formula is C7H16N4OS. The van der Waals surface area contributed by atoms with Gasteiger partial charge < -0.3 is 17.2 Å². The predicted molar refractivity (Wildman–Crippen MR) is 56.4 cm³/mol. The molecule has 0 saturated carbocycles. The highest BCUT2D eigenvalue weighted by Gasteiger charge is 2.07. The summed E-state index contributed by atoms with van der Waals surface area (Å²) in [5.74, 6) is -0.471. The van der Waals surface area contributed by atoms with E-state index in [0.717, 1.165) is 6.42 Å². The average Bonchev–Trinajstić information content (AvgIpc) is 2.11. The van der Waals surface area contributed by atoms with Crippen LogP contribution in [0.5, 0.6) is 0 Å². The van der Waals surface area contributed by atoms with Gasteiger partial charge >= 0.3 is 0 Å². The molecule has 0 saturated heterocycles. The Balaban J connectivity index is 3.51. The molecule has 0 aliphatic heterocycles. The van der Waals surface area contributed by atoms with E-state index < -0.39 is 11.9 Å². The summed E-state index contributed by atoms with van der Waals surface area (Å²) in [6, 6.07) is -0.564. The second-order valence-corrected chi connectivity index (χ2v) is 3.40. The molecule has 0 rings (SSSR count). The van der Waals surface area contributed by atoms with E-state index in [2.05, 4.69) is 4.99 Å². The molecule has 0 aromatic rings. The van der Waals surface area contributed by atoms with Crippen LogP contribution in [0.1, 0.15) is 12.8 Å². The summed E-state index contributed by atoms with van der Waals surface area (Å²) in [6.45, 7) is 0.591. The molecule has 0 heterocycles. The van der Waals surface area contributed by atoms with Crippen molar-refractivity contribution in [1.29, 1.82) is 0 Å². The van der Waals surface area contributed by atoms with Crippen LogP contribution in [0.25, 0.3) is 0 Å². The zero-order chi connectivity index (χ0) is 10.3. The first-order chi connectivity index (χ1) is 6.07. The summed E-state index contributed by atoms with van der Waals surface area (Å²) in [4.78, 5) is 14.5. The van der Waals surface area contributed by atoms with Crippen LogP contribution in [0.4, 0.5) is 0 Å². The number of amidine groups is 1. The molecule has 6 heteroatoms. The highest BCUT2D eigenvalue weighted by Crippen LogP contribution is 1.96. The molecule has 1 amide bonds. The van der Waals surface area contributed by atoms with E-state index in [4.69, 9.17) is 17.2 Å². The van der Waals surface area contributed by atoms with Gasteiger partial charge in [-0.15, -0.1) is 0 Å². The molecule has 0 aliphatic carbocycles. The molecule has 0 spiro atoms. The third-order valence-electron chi connectivity index (χ3n) is 1.52. The number of primary amides is 1. The highest BCUT2D eigenvalue weighted by atomic mass is 32.2. The Hall–Kier alpha value is -0.750. The Morgan fingerprint density at radius 1 is 1.54 bits per heavy atom. The van der Waals surface area contributed by atoms with Crippen molar-refractivity contribution in [2.24, 2.45) is 22.2 Å². The van der Waals surface area contributed by atoms with E-state index in [-0.39, 0.29) is 0 Å². The SMILES string of the molecule is CSC(N)=NCCC[C@H](N)C(N)=O. The first kappa shape index (κ1) is 12.2. The lowest BCUT2D eigenvalue weighted by atomic mass is 10.1. The van der Waals surface area contributed by atoms with Crippen LogP contribution < -0.4 is 17.2 Å². The maximum atomic E-state index is 10.5. The first-order valence-electron chi connectivity index (χ1n) is 3.96. The summed E-state index contributed by atoms with van der Waals surface area (Å²) in [5.41, 5.74) is 15.8. The van der Waals surface area contributed by atoms with E-state index in [1.807, 2.05) is 6.26 Å². The molecule has 0 bridgehead atoms. The number of amides is 1. The number of hydrogen-bond acceptors (Lipinski definition) is 4. The lowest BCUT2D eigenvalue weighted by molar-refractivity contribution is -0.119. The van der Waals surface area contributed by atoms with E-state index in [1.54, 1.807) is 0 Å². The fourth-order valence-electron chi connectivity index (χ4n) is 0.707. The van der Waals surface area contributed by atoms with Crippen molar-refractivity contribution in [2.75, 3.05) is 12.8 Å². The number of thioether (sulfide) groups is 1. The molecule has 1 atom stereocenters. The minimum atomic E-state index is -0.564. The molecule has 0 aromatic carbocycles. The van der Waals surface area contributed by atoms with E-state index >= 15 is 0 Å². The molecule has 0 unspecified atom stereocenters. The van der Waals surface area contributed by atoms with Crippen molar-refractivity contribution >= 4 is 22.8 Å². The zero-order valence-electron chi connectivity index (χ0n) is 7.69. The highest BCUT2D eigenvalue weighted by molar-refractivity contribution is 8.13. The van der Waals surface area contributed by atoms with Gasteiger partial charge in [-0.1, -0.05) is 11.8 Å². The fraction of sp³-hybridized carbons (Fsp3) is 0.714. The van der Waals surface area contributed by atoms with E-state index in [1.165, 1.54) is 11.8 Å². The fourth-order valence-corrected chi connectivity index (χ4v) is 0.928. The Morgan fingerprint density at radius 3 is 2.62 bits per heavy atom. The van der Waals surface area contributed by atoms with Gasteiger partial charge in [-0.3, -0.25) is 9.79 Å². The number of carbonyl (C=O) groups is 1. The van der Waals surface area contributed by atoms with Gasteiger partial charge in [-0.25, -0.2) is 0 Å². The van der Waals surface area contributed by atoms with Crippen LogP contribution in [0.2, 0.25) is 0 Å². The van der Waals surface area contributed by atoms with Gasteiger partial charge in [0.2, 0.25) is 5.91 Å². The molecule has 0 aliphatic rings. The van der Waals surface area contributed by atoms with Crippen molar-refractivity contribution in [1.82, 2.24) is 0 Å². The van der Waals surface area contributed by atoms with Crippen LogP contribution in [0.15, 0.2) is 4.99 Å². The Kier molecular flexibility index (Phi) is 6.34. The Bertz CT molecular complexity index is 195. The number of hydrogen-bond donors (Lipinski definition) is 3. The Labute approximate surface area is 82.1 Å². The lowest BCUT2D eigenvalue weighted by Crippen LogP contribution is -2.36. The zero-order valence-corrected chi connectivity index (χ0v) is 8.51. The van der Waals surface area contributed by atoms with Gasteiger partial charge in [-0.2, -0.15) is 0 Å². The molecule has 13 heavy (non-hydrogen) atoms. The summed E-state index contributed by atoms with van der Waals surface area (Å²) in [7, 11) is 0. The third-order valence-corrected chi connectivity index (χ3v) is 2.06. The molecule has 6 N–H and O–H groups in total. The van der Waals surface area contributed by atoms with Crippen LogP contribution in [-0.4, -0.2) is 29.9 Å². The van der Waals surface area contributed by atoms with Gasteiger partial charge in [-0.05, 0) is 19.1 Å². The lowest BCUT2D eigenvalue weighted by Gasteiger charge is -2.04. The smallest absolute Gasteiger partial charge is 0.234 e. The number of nitrogens with two attached hydrogens (primary N) is 3. The summed E-state index contributed by atoms with van der Waals surface area (Å²) < 4.78 is 0. The van der Waals surface area contributed by atoms with Gasteiger partial charge in [0.15, 0.2) is 5.17 Å². The van der Waals surface area contributed by atoms with Crippen molar-refractivity contribution < 1.29 is 4.79 Å². The number of carbonyl (C=O) groups excluding carboxylic acids is 1. The monoisotopic (exact) mass is 204 g/mol. The van der Waals surface area contributed by atoms with E-state index in [9.17, 15) is 4.79 Å². The van der Waals surface area contributed by atoms with Crippen molar-refractivity contribution in [2.45, 2.75) is 18.9 Å². The van der Waals surface area contributed by atoms with Gasteiger partial charge in [0.05, 0.1) is 6.04 Å². The van der Waals surface area contributed by atoms with Gasteiger partial charge in [0.25, 0.3) is 0 Å². The normalized spacial score (nSPS) is 14.2. The maximum absolute atomic E-state index is 10.5. The van der Waals surface area contributed by atoms with Crippen LogP contribution in [0.3, 0.4) is 0 Å². The minimum absolute atomic E-state index is 0.471. The van der Waals surface area contributed by atoms with E-state index in [0.29, 0.717) is 18.1 Å². The average molecular weight is 204 g/mol. The second-order valence-electron chi connectivity index (χ2n) is 2.58. The molecule has 76 valence electrons. The maximum Gasteiger partial charge on any atom is 0.234 e.